The second kappa shape index (κ2) is 6.09. The van der Waals surface area contributed by atoms with Crippen LogP contribution in [0.5, 0.6) is 0 Å². The molecule has 0 radical (unpaired) electrons. The Morgan fingerprint density at radius 1 is 1.12 bits per heavy atom. The summed E-state index contributed by atoms with van der Waals surface area (Å²) in [5.41, 5.74) is 6.19. The number of hydrogen-bond acceptors (Lipinski definition) is 5. The summed E-state index contributed by atoms with van der Waals surface area (Å²) in [4.78, 5) is 30.0. The number of nitrogens with one attached hydrogen (secondary N) is 1. The zero-order valence-electron chi connectivity index (χ0n) is 13.9. The summed E-state index contributed by atoms with van der Waals surface area (Å²) >= 11 is 1.72. The van der Waals surface area contributed by atoms with E-state index in [1.54, 1.807) is 17.5 Å². The van der Waals surface area contributed by atoms with Crippen LogP contribution >= 0.6 is 11.3 Å². The van der Waals surface area contributed by atoms with Crippen LogP contribution in [0.2, 0.25) is 0 Å². The van der Waals surface area contributed by atoms with E-state index in [9.17, 15) is 4.79 Å². The van der Waals surface area contributed by atoms with Crippen LogP contribution in [0.1, 0.15) is 59.3 Å². The smallest absolute Gasteiger partial charge is 0.253 e. The summed E-state index contributed by atoms with van der Waals surface area (Å²) in [5.74, 6) is 0.839. The number of rotatable bonds is 2. The van der Waals surface area contributed by atoms with E-state index in [4.69, 9.17) is 0 Å². The van der Waals surface area contributed by atoms with Crippen molar-refractivity contribution in [1.82, 2.24) is 19.9 Å². The number of fused-ring (bicyclic) bond motifs is 1. The van der Waals surface area contributed by atoms with E-state index in [1.165, 1.54) is 10.6 Å². The first-order chi connectivity index (χ1) is 11.6. The second-order valence-corrected chi connectivity index (χ2v) is 7.70. The minimum absolute atomic E-state index is 0.0179. The number of nitrogens with zero attached hydrogens (tertiary/aromatic N) is 3. The highest BCUT2D eigenvalue weighted by Crippen LogP contribution is 2.40. The molecule has 0 saturated heterocycles. The molecule has 0 bridgehead atoms. The van der Waals surface area contributed by atoms with Gasteiger partial charge in [0.25, 0.3) is 5.56 Å². The average molecular weight is 340 g/mol. The van der Waals surface area contributed by atoms with Crippen molar-refractivity contribution < 1.29 is 0 Å². The Labute approximate surface area is 144 Å². The van der Waals surface area contributed by atoms with Gasteiger partial charge in [-0.15, -0.1) is 11.3 Å². The van der Waals surface area contributed by atoms with Gasteiger partial charge in [0.15, 0.2) is 5.65 Å². The molecule has 0 aliphatic heterocycles. The number of pyridine rings is 1. The molecule has 3 aromatic rings. The molecule has 3 heterocycles. The van der Waals surface area contributed by atoms with Crippen molar-refractivity contribution in [3.8, 4) is 0 Å². The molecule has 0 unspecified atom stereocenters. The molecule has 0 spiro atoms. The summed E-state index contributed by atoms with van der Waals surface area (Å²) in [6, 6.07) is 1.93. The van der Waals surface area contributed by atoms with Gasteiger partial charge in [-0.25, -0.2) is 9.97 Å². The highest BCUT2D eigenvalue weighted by Gasteiger charge is 2.27. The number of aryl methyl sites for hydroxylation is 2. The van der Waals surface area contributed by atoms with E-state index in [1.807, 2.05) is 18.5 Å². The largest absolute Gasteiger partial charge is 0.305 e. The van der Waals surface area contributed by atoms with Crippen LogP contribution in [-0.2, 0) is 0 Å². The van der Waals surface area contributed by atoms with E-state index >= 15 is 0 Å². The normalized spacial score (nSPS) is 21.2. The zero-order chi connectivity index (χ0) is 16.7. The maximum atomic E-state index is 12.5. The summed E-state index contributed by atoms with van der Waals surface area (Å²) in [6.45, 7) is 4.02. The summed E-state index contributed by atoms with van der Waals surface area (Å²) in [5, 5.41) is 0. The molecule has 1 aliphatic carbocycles. The number of aromatic amines is 1. The molecule has 0 amide bonds. The predicted molar refractivity (Wildman–Crippen MR) is 95.7 cm³/mol. The number of H-pyrrole nitrogens is 1. The molecule has 0 atom stereocenters. The minimum atomic E-state index is -0.0179. The number of aromatic nitrogens is 4. The molecule has 4 rings (SSSR count). The van der Waals surface area contributed by atoms with E-state index in [0.717, 1.165) is 42.5 Å². The standard InChI is InChI=1S/C18H20N4OS/c1-10-8-19-15-7-14(18(23)22-17(15)21-10)12-3-5-13(6-4-12)16-11(2)24-9-20-16/h7-9,12-13H,3-6H2,1-2H3,(H,21,22,23). The van der Waals surface area contributed by atoms with Crippen molar-refractivity contribution in [3.05, 3.63) is 50.0 Å². The van der Waals surface area contributed by atoms with Gasteiger partial charge >= 0.3 is 0 Å². The lowest BCUT2D eigenvalue weighted by Crippen LogP contribution is -2.21. The Morgan fingerprint density at radius 2 is 1.88 bits per heavy atom. The van der Waals surface area contributed by atoms with Crippen molar-refractivity contribution >= 4 is 22.5 Å². The lowest BCUT2D eigenvalue weighted by molar-refractivity contribution is 0.389. The SMILES string of the molecule is Cc1cnc2cc(C3CCC(c4ncsc4C)CC3)c(=O)[nH]c2n1. The highest BCUT2D eigenvalue weighted by molar-refractivity contribution is 7.09. The molecular weight excluding hydrogens is 320 g/mol. The van der Waals surface area contributed by atoms with Crippen LogP contribution in [0.15, 0.2) is 22.6 Å². The topological polar surface area (TPSA) is 71.5 Å². The van der Waals surface area contributed by atoms with Crippen LogP contribution in [0.25, 0.3) is 11.2 Å². The van der Waals surface area contributed by atoms with Crippen molar-refractivity contribution in [1.29, 1.82) is 0 Å². The number of thiazole rings is 1. The Hall–Kier alpha value is -2.08. The molecule has 24 heavy (non-hydrogen) atoms. The van der Waals surface area contributed by atoms with E-state index in [-0.39, 0.29) is 5.56 Å². The first kappa shape index (κ1) is 15.4. The summed E-state index contributed by atoms with van der Waals surface area (Å²) < 4.78 is 0. The Bertz CT molecular complexity index is 938. The summed E-state index contributed by atoms with van der Waals surface area (Å²) in [7, 11) is 0. The van der Waals surface area contributed by atoms with E-state index in [2.05, 4.69) is 26.9 Å². The third-order valence-electron chi connectivity index (χ3n) is 5.04. The van der Waals surface area contributed by atoms with Gasteiger partial charge in [-0.2, -0.15) is 0 Å². The fourth-order valence-corrected chi connectivity index (χ4v) is 4.43. The Balaban J connectivity index is 1.58. The quantitative estimate of drug-likeness (QED) is 0.769. The van der Waals surface area contributed by atoms with Crippen molar-refractivity contribution in [2.45, 2.75) is 51.4 Å². The van der Waals surface area contributed by atoms with Gasteiger partial charge in [0, 0.05) is 22.6 Å². The molecule has 124 valence electrons. The molecule has 3 aromatic heterocycles. The van der Waals surface area contributed by atoms with Gasteiger partial charge in [0.05, 0.1) is 16.9 Å². The van der Waals surface area contributed by atoms with Crippen LogP contribution in [0.4, 0.5) is 0 Å². The molecule has 1 fully saturated rings. The lowest BCUT2D eigenvalue weighted by Gasteiger charge is -2.27. The molecule has 6 heteroatoms. The molecule has 1 aliphatic rings. The Kier molecular flexibility index (Phi) is 3.92. The third-order valence-corrected chi connectivity index (χ3v) is 5.82. The predicted octanol–water partition coefficient (Wildman–Crippen LogP) is 3.83. The number of hydrogen-bond donors (Lipinski definition) is 1. The molecular formula is C18H20N4OS. The average Bonchev–Trinajstić information content (AvgIpc) is 3.00. The van der Waals surface area contributed by atoms with E-state index in [0.29, 0.717) is 17.5 Å². The first-order valence-corrected chi connectivity index (χ1v) is 9.26. The molecule has 0 aromatic carbocycles. The Morgan fingerprint density at radius 3 is 2.58 bits per heavy atom. The monoisotopic (exact) mass is 340 g/mol. The van der Waals surface area contributed by atoms with Crippen LogP contribution in [-0.4, -0.2) is 19.9 Å². The van der Waals surface area contributed by atoms with Crippen molar-refractivity contribution in [2.75, 3.05) is 0 Å². The second-order valence-electron chi connectivity index (χ2n) is 6.64. The highest BCUT2D eigenvalue weighted by atomic mass is 32.1. The van der Waals surface area contributed by atoms with Crippen LogP contribution in [0, 0.1) is 13.8 Å². The summed E-state index contributed by atoms with van der Waals surface area (Å²) in [6.07, 6.45) is 5.97. The van der Waals surface area contributed by atoms with Crippen molar-refractivity contribution in [2.24, 2.45) is 0 Å². The van der Waals surface area contributed by atoms with Gasteiger partial charge in [0.1, 0.15) is 5.52 Å². The fourth-order valence-electron chi connectivity index (χ4n) is 3.76. The van der Waals surface area contributed by atoms with Gasteiger partial charge in [-0.1, -0.05) is 0 Å². The molecule has 5 nitrogen and oxygen atoms in total. The minimum Gasteiger partial charge on any atom is -0.305 e. The van der Waals surface area contributed by atoms with Crippen LogP contribution < -0.4 is 5.56 Å². The molecule has 1 saturated carbocycles. The first-order valence-electron chi connectivity index (χ1n) is 8.38. The van der Waals surface area contributed by atoms with Crippen molar-refractivity contribution in [3.63, 3.8) is 0 Å². The van der Waals surface area contributed by atoms with Gasteiger partial charge in [0.2, 0.25) is 0 Å². The van der Waals surface area contributed by atoms with Gasteiger partial charge < -0.3 is 4.98 Å². The van der Waals surface area contributed by atoms with E-state index < -0.39 is 0 Å². The van der Waals surface area contributed by atoms with Crippen LogP contribution in [0.3, 0.4) is 0 Å². The van der Waals surface area contributed by atoms with Gasteiger partial charge in [-0.05, 0) is 51.5 Å². The van der Waals surface area contributed by atoms with Gasteiger partial charge in [-0.3, -0.25) is 9.78 Å². The maximum Gasteiger partial charge on any atom is 0.253 e. The zero-order valence-corrected chi connectivity index (χ0v) is 14.7. The molecule has 1 N–H and O–H groups in total. The fraction of sp³-hybridized carbons (Fsp3) is 0.444. The lowest BCUT2D eigenvalue weighted by atomic mass is 9.77. The third kappa shape index (κ3) is 2.75. The maximum absolute atomic E-state index is 12.5.